The number of pyridine rings is 1. The zero-order chi connectivity index (χ0) is 15.7. The zero-order valence-electron chi connectivity index (χ0n) is 12.4. The van der Waals surface area contributed by atoms with Crippen LogP contribution in [0.1, 0.15) is 34.6 Å². The van der Waals surface area contributed by atoms with Gasteiger partial charge in [0, 0.05) is 23.5 Å². The van der Waals surface area contributed by atoms with E-state index in [2.05, 4.69) is 20.5 Å². The average molecular weight is 295 g/mol. The maximum Gasteiger partial charge on any atom is 0.255 e. The smallest absolute Gasteiger partial charge is 0.255 e. The van der Waals surface area contributed by atoms with Crippen LogP contribution in [-0.4, -0.2) is 21.1 Å². The number of hydrogen-bond donors (Lipinski definition) is 3. The summed E-state index contributed by atoms with van der Waals surface area (Å²) >= 11 is 0. The molecule has 0 bridgehead atoms. The van der Waals surface area contributed by atoms with Gasteiger partial charge in [0.25, 0.3) is 5.91 Å². The number of amides is 1. The molecule has 4 N–H and O–H groups in total. The molecule has 0 saturated heterocycles. The molecule has 6 nitrogen and oxygen atoms in total. The molecular formula is C16H17N5O. The number of carbonyl (C=O) groups is 1. The second kappa shape index (κ2) is 5.57. The van der Waals surface area contributed by atoms with E-state index in [0.29, 0.717) is 16.9 Å². The fourth-order valence-electron chi connectivity index (χ4n) is 2.33. The largest absolute Gasteiger partial charge is 0.324 e. The predicted octanol–water partition coefficient (Wildman–Crippen LogP) is 2.54. The third-order valence-corrected chi connectivity index (χ3v) is 3.58. The zero-order valence-corrected chi connectivity index (χ0v) is 12.4. The molecule has 6 heteroatoms. The van der Waals surface area contributed by atoms with Crippen molar-refractivity contribution in [2.24, 2.45) is 5.73 Å². The second-order valence-corrected chi connectivity index (χ2v) is 5.27. The van der Waals surface area contributed by atoms with Gasteiger partial charge in [0.1, 0.15) is 0 Å². The lowest BCUT2D eigenvalue weighted by molar-refractivity contribution is 0.102. The molecule has 3 rings (SSSR count). The number of hydrogen-bond acceptors (Lipinski definition) is 4. The van der Waals surface area contributed by atoms with Crippen LogP contribution in [0.4, 0.5) is 5.69 Å². The van der Waals surface area contributed by atoms with Crippen LogP contribution in [0.2, 0.25) is 0 Å². The lowest BCUT2D eigenvalue weighted by Crippen LogP contribution is -2.13. The number of aromatic amines is 1. The Kier molecular flexibility index (Phi) is 3.60. The van der Waals surface area contributed by atoms with Crippen molar-refractivity contribution in [1.29, 1.82) is 0 Å². The van der Waals surface area contributed by atoms with E-state index < -0.39 is 0 Å². The van der Waals surface area contributed by atoms with Gasteiger partial charge < -0.3 is 11.1 Å². The molecule has 0 aliphatic rings. The summed E-state index contributed by atoms with van der Waals surface area (Å²) in [5.41, 5.74) is 9.53. The van der Waals surface area contributed by atoms with E-state index >= 15 is 0 Å². The van der Waals surface area contributed by atoms with Crippen LogP contribution in [-0.2, 0) is 0 Å². The van der Waals surface area contributed by atoms with Crippen LogP contribution in [0.15, 0.2) is 36.5 Å². The Morgan fingerprint density at radius 1 is 1.27 bits per heavy atom. The Hall–Kier alpha value is -2.73. The van der Waals surface area contributed by atoms with Crippen molar-refractivity contribution >= 4 is 22.6 Å². The Labute approximate surface area is 127 Å². The van der Waals surface area contributed by atoms with Gasteiger partial charge in [-0.2, -0.15) is 5.10 Å². The van der Waals surface area contributed by atoms with Gasteiger partial charge in [0.15, 0.2) is 5.65 Å². The number of rotatable bonds is 3. The maximum absolute atomic E-state index is 12.4. The minimum atomic E-state index is -0.177. The van der Waals surface area contributed by atoms with E-state index in [1.54, 1.807) is 24.4 Å². The first kappa shape index (κ1) is 14.2. The number of anilines is 1. The lowest BCUT2D eigenvalue weighted by Gasteiger charge is -2.09. The summed E-state index contributed by atoms with van der Waals surface area (Å²) in [6.07, 6.45) is 1.62. The first-order chi connectivity index (χ1) is 10.6. The van der Waals surface area contributed by atoms with Crippen LogP contribution in [0.3, 0.4) is 0 Å². The van der Waals surface area contributed by atoms with Crippen molar-refractivity contribution in [2.75, 3.05) is 5.32 Å². The molecular weight excluding hydrogens is 278 g/mol. The van der Waals surface area contributed by atoms with Crippen LogP contribution in [0.5, 0.6) is 0 Å². The van der Waals surface area contributed by atoms with Crippen molar-refractivity contribution in [2.45, 2.75) is 19.9 Å². The number of nitrogens with zero attached hydrogens (tertiary/aromatic N) is 2. The number of nitrogens with two attached hydrogens (primary N) is 1. The summed E-state index contributed by atoms with van der Waals surface area (Å²) in [6, 6.07) is 8.99. The van der Waals surface area contributed by atoms with E-state index in [0.717, 1.165) is 16.6 Å². The lowest BCUT2D eigenvalue weighted by atomic mass is 10.1. The first-order valence-electron chi connectivity index (χ1n) is 7.03. The summed E-state index contributed by atoms with van der Waals surface area (Å²) in [5, 5.41) is 10.7. The summed E-state index contributed by atoms with van der Waals surface area (Å²) in [4.78, 5) is 16.5. The highest BCUT2D eigenvalue weighted by Gasteiger charge is 2.12. The molecule has 0 fully saturated rings. The predicted molar refractivity (Wildman–Crippen MR) is 85.6 cm³/mol. The monoisotopic (exact) mass is 295 g/mol. The molecule has 0 spiro atoms. The summed E-state index contributed by atoms with van der Waals surface area (Å²) in [5.74, 6) is -0.177. The Balaban J connectivity index is 1.88. The number of H-pyrrole nitrogens is 1. The highest BCUT2D eigenvalue weighted by atomic mass is 16.1. The van der Waals surface area contributed by atoms with Crippen molar-refractivity contribution in [3.8, 4) is 0 Å². The van der Waals surface area contributed by atoms with Crippen LogP contribution in [0.25, 0.3) is 11.0 Å². The number of fused-ring (bicyclic) bond motifs is 1. The molecule has 0 radical (unpaired) electrons. The van der Waals surface area contributed by atoms with Crippen molar-refractivity contribution in [3.63, 3.8) is 0 Å². The SMILES string of the molecule is Cc1[nH]nc2nccc(NC(=O)c3ccc(C(C)N)cc3)c12. The van der Waals surface area contributed by atoms with Crippen LogP contribution >= 0.6 is 0 Å². The van der Waals surface area contributed by atoms with Crippen LogP contribution < -0.4 is 11.1 Å². The van der Waals surface area contributed by atoms with Crippen molar-refractivity contribution in [1.82, 2.24) is 15.2 Å². The van der Waals surface area contributed by atoms with Gasteiger partial charge in [0.05, 0.1) is 11.1 Å². The molecule has 2 heterocycles. The Morgan fingerprint density at radius 2 is 2.00 bits per heavy atom. The van der Waals surface area contributed by atoms with E-state index in [1.165, 1.54) is 0 Å². The second-order valence-electron chi connectivity index (χ2n) is 5.27. The van der Waals surface area contributed by atoms with Gasteiger partial charge >= 0.3 is 0 Å². The molecule has 2 aromatic heterocycles. The standard InChI is InChI=1S/C16H17N5O/c1-9(17)11-3-5-12(6-4-11)16(22)19-13-7-8-18-15-14(13)10(2)20-21-15/h3-9H,17H2,1-2H3,(H2,18,19,20,21,22). The van der Waals surface area contributed by atoms with E-state index in [1.807, 2.05) is 26.0 Å². The van der Waals surface area contributed by atoms with E-state index in [4.69, 9.17) is 5.73 Å². The number of aromatic nitrogens is 3. The number of carbonyl (C=O) groups excluding carboxylic acids is 1. The van der Waals surface area contributed by atoms with Gasteiger partial charge in [0.2, 0.25) is 0 Å². The highest BCUT2D eigenvalue weighted by Crippen LogP contribution is 2.23. The third kappa shape index (κ3) is 2.56. The third-order valence-electron chi connectivity index (χ3n) is 3.58. The fraction of sp³-hybridized carbons (Fsp3) is 0.188. The molecule has 22 heavy (non-hydrogen) atoms. The molecule has 1 amide bonds. The number of aryl methyl sites for hydroxylation is 1. The molecule has 3 aromatic rings. The van der Waals surface area contributed by atoms with Gasteiger partial charge in [-0.25, -0.2) is 4.98 Å². The van der Waals surface area contributed by atoms with Gasteiger partial charge in [-0.15, -0.1) is 0 Å². The maximum atomic E-state index is 12.4. The molecule has 0 aliphatic heterocycles. The minimum absolute atomic E-state index is 0.0505. The normalized spacial score (nSPS) is 12.3. The van der Waals surface area contributed by atoms with Gasteiger partial charge in [-0.3, -0.25) is 9.89 Å². The molecule has 112 valence electrons. The summed E-state index contributed by atoms with van der Waals surface area (Å²) in [7, 11) is 0. The highest BCUT2D eigenvalue weighted by molar-refractivity contribution is 6.08. The molecule has 1 aromatic carbocycles. The summed E-state index contributed by atoms with van der Waals surface area (Å²) < 4.78 is 0. The average Bonchev–Trinajstić information content (AvgIpc) is 2.90. The van der Waals surface area contributed by atoms with E-state index in [-0.39, 0.29) is 11.9 Å². The Bertz CT molecular complexity index is 820. The van der Waals surface area contributed by atoms with E-state index in [9.17, 15) is 4.79 Å². The molecule has 0 aliphatic carbocycles. The topological polar surface area (TPSA) is 96.7 Å². The fourth-order valence-corrected chi connectivity index (χ4v) is 2.33. The number of benzene rings is 1. The number of nitrogens with one attached hydrogen (secondary N) is 2. The van der Waals surface area contributed by atoms with Crippen molar-refractivity contribution in [3.05, 3.63) is 53.3 Å². The van der Waals surface area contributed by atoms with Gasteiger partial charge in [-0.05, 0) is 37.6 Å². The molecule has 1 unspecified atom stereocenters. The van der Waals surface area contributed by atoms with Crippen molar-refractivity contribution < 1.29 is 4.79 Å². The molecule has 0 saturated carbocycles. The first-order valence-corrected chi connectivity index (χ1v) is 7.03. The Morgan fingerprint density at radius 3 is 2.68 bits per heavy atom. The minimum Gasteiger partial charge on any atom is -0.324 e. The summed E-state index contributed by atoms with van der Waals surface area (Å²) in [6.45, 7) is 3.80. The van der Waals surface area contributed by atoms with Crippen LogP contribution in [0, 0.1) is 6.92 Å². The quantitative estimate of drug-likeness (QED) is 0.691. The van der Waals surface area contributed by atoms with Gasteiger partial charge in [-0.1, -0.05) is 12.1 Å². The molecule has 1 atom stereocenters.